The maximum absolute atomic E-state index is 11.8. The summed E-state index contributed by atoms with van der Waals surface area (Å²) in [7, 11) is -3.35. The van der Waals surface area contributed by atoms with Crippen molar-refractivity contribution >= 4 is 32.2 Å². The molecule has 20 heavy (non-hydrogen) atoms. The van der Waals surface area contributed by atoms with Gasteiger partial charge in [-0.25, -0.2) is 13.4 Å². The molecular formula is C11H9N2NaO4S2. The van der Waals surface area contributed by atoms with E-state index >= 15 is 0 Å². The average Bonchev–Trinajstić information content (AvgIpc) is 2.77. The molecule has 0 saturated heterocycles. The third kappa shape index (κ3) is 4.03. The van der Waals surface area contributed by atoms with Crippen molar-refractivity contribution in [1.29, 1.82) is 0 Å². The number of para-hydroxylation sites is 1. The smallest absolute Gasteiger partial charge is 0.872 e. The van der Waals surface area contributed by atoms with Crippen molar-refractivity contribution in [3.63, 3.8) is 0 Å². The zero-order valence-corrected chi connectivity index (χ0v) is 14.4. The molecule has 1 amide bonds. The molecule has 0 saturated carbocycles. The number of sulfone groups is 1. The van der Waals surface area contributed by atoms with Gasteiger partial charge in [0.1, 0.15) is 4.21 Å². The number of hydrogen-bond donors (Lipinski definition) is 1. The number of carbonyl (C=O) groups excluding carboxylic acids is 1. The molecular weight excluding hydrogens is 311 g/mol. The second-order valence-corrected chi connectivity index (χ2v) is 6.98. The largest absolute Gasteiger partial charge is 1.00 e. The fourth-order valence-electron chi connectivity index (χ4n) is 1.31. The Balaban J connectivity index is 0.00000200. The number of amides is 1. The molecule has 0 radical (unpaired) electrons. The first-order valence-electron chi connectivity index (χ1n) is 5.11. The van der Waals surface area contributed by atoms with Crippen molar-refractivity contribution in [1.82, 2.24) is 4.98 Å². The summed E-state index contributed by atoms with van der Waals surface area (Å²) in [5.41, 5.74) is -0.0152. The second-order valence-electron chi connectivity index (χ2n) is 3.71. The van der Waals surface area contributed by atoms with Gasteiger partial charge >= 0.3 is 29.6 Å². The van der Waals surface area contributed by atoms with Gasteiger partial charge in [0.25, 0.3) is 5.91 Å². The third-order valence-electron chi connectivity index (χ3n) is 2.20. The molecule has 1 heterocycles. The Kier molecular flexibility index (Phi) is 5.72. The van der Waals surface area contributed by atoms with E-state index in [9.17, 15) is 18.3 Å². The average molecular weight is 320 g/mol. The Morgan fingerprint density at radius 2 is 2.00 bits per heavy atom. The van der Waals surface area contributed by atoms with Crippen LogP contribution in [0.15, 0.2) is 34.7 Å². The summed E-state index contributed by atoms with van der Waals surface area (Å²) in [6.45, 7) is 0. The van der Waals surface area contributed by atoms with Gasteiger partial charge in [0.15, 0.2) is 15.0 Å². The molecule has 0 aliphatic heterocycles. The van der Waals surface area contributed by atoms with Gasteiger partial charge in [0.2, 0.25) is 0 Å². The van der Waals surface area contributed by atoms with Gasteiger partial charge in [-0.1, -0.05) is 41.4 Å². The Morgan fingerprint density at radius 3 is 2.55 bits per heavy atom. The van der Waals surface area contributed by atoms with E-state index in [1.807, 2.05) is 0 Å². The van der Waals surface area contributed by atoms with Crippen LogP contribution in [0.1, 0.15) is 10.4 Å². The number of thiazole rings is 1. The van der Waals surface area contributed by atoms with Gasteiger partial charge in [-0.15, -0.1) is 0 Å². The maximum atomic E-state index is 11.8. The first-order chi connectivity index (χ1) is 8.88. The topological polar surface area (TPSA) is 99.2 Å². The Bertz CT molecular complexity index is 728. The number of nitrogens with one attached hydrogen (secondary N) is 1. The number of aromatic nitrogens is 1. The molecule has 2 rings (SSSR count). The molecule has 0 fully saturated rings. The maximum Gasteiger partial charge on any atom is 1.00 e. The van der Waals surface area contributed by atoms with Crippen molar-refractivity contribution in [3.05, 3.63) is 36.0 Å². The van der Waals surface area contributed by atoms with Gasteiger partial charge in [0, 0.05) is 11.8 Å². The number of rotatable bonds is 3. The zero-order chi connectivity index (χ0) is 14.0. The number of benzene rings is 1. The van der Waals surface area contributed by atoms with Crippen LogP contribution in [0.2, 0.25) is 0 Å². The van der Waals surface area contributed by atoms with E-state index in [0.717, 1.165) is 17.6 Å². The zero-order valence-electron chi connectivity index (χ0n) is 10.8. The van der Waals surface area contributed by atoms with Crippen molar-refractivity contribution in [2.75, 3.05) is 11.6 Å². The minimum Gasteiger partial charge on any atom is -0.872 e. The molecule has 0 unspecified atom stereocenters. The molecule has 100 valence electrons. The molecule has 9 heteroatoms. The van der Waals surface area contributed by atoms with Crippen molar-refractivity contribution in [3.8, 4) is 5.75 Å². The van der Waals surface area contributed by atoms with Crippen LogP contribution in [0.3, 0.4) is 0 Å². The van der Waals surface area contributed by atoms with E-state index in [2.05, 4.69) is 10.3 Å². The van der Waals surface area contributed by atoms with Crippen LogP contribution in [0.5, 0.6) is 5.75 Å². The number of carbonyl (C=O) groups is 1. The normalized spacial score (nSPS) is 10.7. The Morgan fingerprint density at radius 1 is 1.35 bits per heavy atom. The molecule has 0 spiro atoms. The fraction of sp³-hybridized carbons (Fsp3) is 0.0909. The van der Waals surface area contributed by atoms with Crippen LogP contribution in [0, 0.1) is 0 Å². The van der Waals surface area contributed by atoms with Gasteiger partial charge in [-0.05, 0) is 0 Å². The molecule has 1 aromatic carbocycles. The van der Waals surface area contributed by atoms with E-state index < -0.39 is 21.5 Å². The Hall–Kier alpha value is -0.930. The van der Waals surface area contributed by atoms with Crippen LogP contribution in [0.4, 0.5) is 5.13 Å². The van der Waals surface area contributed by atoms with E-state index in [1.165, 1.54) is 24.4 Å². The molecule has 1 N–H and O–H groups in total. The minimum absolute atomic E-state index is 0. The second kappa shape index (κ2) is 6.68. The number of hydrogen-bond acceptors (Lipinski definition) is 6. The number of anilines is 1. The molecule has 2 aromatic rings. The van der Waals surface area contributed by atoms with Gasteiger partial charge in [-0.3, -0.25) is 10.1 Å². The summed E-state index contributed by atoms with van der Waals surface area (Å²) < 4.78 is 22.6. The van der Waals surface area contributed by atoms with E-state index in [-0.39, 0.29) is 44.5 Å². The predicted molar refractivity (Wildman–Crippen MR) is 69.1 cm³/mol. The van der Waals surface area contributed by atoms with Gasteiger partial charge < -0.3 is 5.11 Å². The van der Waals surface area contributed by atoms with Crippen molar-refractivity contribution in [2.24, 2.45) is 0 Å². The molecule has 0 aliphatic carbocycles. The van der Waals surface area contributed by atoms with Gasteiger partial charge in [-0.2, -0.15) is 0 Å². The molecule has 1 aromatic heterocycles. The van der Waals surface area contributed by atoms with E-state index in [0.29, 0.717) is 0 Å². The monoisotopic (exact) mass is 320 g/mol. The summed E-state index contributed by atoms with van der Waals surface area (Å²) in [5.74, 6) is -1.01. The van der Waals surface area contributed by atoms with Crippen LogP contribution in [0.25, 0.3) is 0 Å². The SMILES string of the molecule is CS(=O)(=O)c1cnc(NC(=O)c2ccccc2[O-])s1.[Na+]. The standard InChI is InChI=1S/C11H10N2O4S2.Na/c1-19(16,17)9-6-12-11(18-9)13-10(15)7-4-2-3-5-8(7)14;/h2-6,14H,1H3,(H,12,13,15);/q;+1/p-1. The molecule has 6 nitrogen and oxygen atoms in total. The summed E-state index contributed by atoms with van der Waals surface area (Å²) in [6.07, 6.45) is 2.22. The molecule has 0 bridgehead atoms. The molecule has 0 atom stereocenters. The Labute approximate surface area is 142 Å². The first-order valence-corrected chi connectivity index (χ1v) is 7.82. The van der Waals surface area contributed by atoms with Crippen LogP contribution in [-0.4, -0.2) is 25.6 Å². The quantitative estimate of drug-likeness (QED) is 0.652. The van der Waals surface area contributed by atoms with Gasteiger partial charge in [0.05, 0.1) is 6.20 Å². The first kappa shape index (κ1) is 17.1. The van der Waals surface area contributed by atoms with Crippen molar-refractivity contribution in [2.45, 2.75) is 4.21 Å². The summed E-state index contributed by atoms with van der Waals surface area (Å²) in [6, 6.07) is 5.77. The van der Waals surface area contributed by atoms with Crippen LogP contribution in [-0.2, 0) is 9.84 Å². The summed E-state index contributed by atoms with van der Waals surface area (Å²) >= 11 is 0.836. The van der Waals surface area contributed by atoms with E-state index in [4.69, 9.17) is 0 Å². The van der Waals surface area contributed by atoms with Crippen LogP contribution >= 0.6 is 11.3 Å². The fourth-order valence-corrected chi connectivity index (χ4v) is 2.94. The predicted octanol–water partition coefficient (Wildman–Crippen LogP) is -2.12. The summed E-state index contributed by atoms with van der Waals surface area (Å²) in [5, 5.41) is 14.0. The summed E-state index contributed by atoms with van der Waals surface area (Å²) in [4.78, 5) is 15.6. The third-order valence-corrected chi connectivity index (χ3v) is 4.90. The van der Waals surface area contributed by atoms with E-state index in [1.54, 1.807) is 6.07 Å². The number of nitrogens with zero attached hydrogens (tertiary/aromatic N) is 1. The van der Waals surface area contributed by atoms with Crippen molar-refractivity contribution < 1.29 is 47.9 Å². The van der Waals surface area contributed by atoms with Crippen LogP contribution < -0.4 is 40.0 Å². The molecule has 0 aliphatic rings. The minimum atomic E-state index is -3.35.